The molecule has 1 saturated heterocycles. The number of aliphatic hydroxyl groups is 1. The van der Waals surface area contributed by atoms with E-state index in [0.29, 0.717) is 33.9 Å². The fraction of sp³-hybridized carbons (Fsp3) is 0.333. The van der Waals surface area contributed by atoms with E-state index in [1.165, 1.54) is 0 Å². The minimum atomic E-state index is -0.748. The molecule has 0 radical (unpaired) electrons. The summed E-state index contributed by atoms with van der Waals surface area (Å²) in [6, 6.07) is 17.3. The van der Waals surface area contributed by atoms with Crippen LogP contribution in [-0.2, 0) is 0 Å². The van der Waals surface area contributed by atoms with Crippen LogP contribution in [0.25, 0.3) is 33.6 Å². The number of furan rings is 1. The molecule has 8 nitrogen and oxygen atoms in total. The molecule has 0 bridgehead atoms. The standard InChI is InChI=1S/C30H32N4O4/c1-33(2)30(35)20-5-7-24(27(16-20)36-4)28-17-25-29(38-28)23(9-12-32-25)19-6-8-26(21(15-19)18-31)37-22-10-13-34(3)14-11-22/h5-9,12,15-17,22,30,35H,10-11,13-14H2,1-4H3. The first-order chi connectivity index (χ1) is 18.4. The highest BCUT2D eigenvalue weighted by Crippen LogP contribution is 2.39. The van der Waals surface area contributed by atoms with E-state index in [1.54, 1.807) is 18.2 Å². The quantitative estimate of drug-likeness (QED) is 0.343. The van der Waals surface area contributed by atoms with Crippen molar-refractivity contribution in [3.8, 4) is 40.0 Å². The molecule has 4 aromatic rings. The van der Waals surface area contributed by atoms with Gasteiger partial charge in [-0.1, -0.05) is 12.1 Å². The lowest BCUT2D eigenvalue weighted by Gasteiger charge is -2.29. The Bertz CT molecular complexity index is 1480. The van der Waals surface area contributed by atoms with Crippen LogP contribution in [0.3, 0.4) is 0 Å². The Labute approximate surface area is 222 Å². The van der Waals surface area contributed by atoms with Gasteiger partial charge in [0, 0.05) is 30.9 Å². The third-order valence-electron chi connectivity index (χ3n) is 7.06. The topological polar surface area (TPSA) is 95.0 Å². The van der Waals surface area contributed by atoms with Crippen molar-refractivity contribution >= 4 is 11.1 Å². The van der Waals surface area contributed by atoms with Crippen molar-refractivity contribution in [1.82, 2.24) is 14.8 Å². The number of likely N-dealkylation sites (tertiary alicyclic amines) is 1. The van der Waals surface area contributed by atoms with Gasteiger partial charge in [0.25, 0.3) is 0 Å². The van der Waals surface area contributed by atoms with Gasteiger partial charge >= 0.3 is 0 Å². The van der Waals surface area contributed by atoms with Gasteiger partial charge in [0.05, 0.1) is 18.2 Å². The van der Waals surface area contributed by atoms with Crippen molar-refractivity contribution in [2.75, 3.05) is 41.3 Å². The predicted molar refractivity (Wildman–Crippen MR) is 146 cm³/mol. The molecular weight excluding hydrogens is 480 g/mol. The summed E-state index contributed by atoms with van der Waals surface area (Å²) < 4.78 is 18.2. The second kappa shape index (κ2) is 10.8. The number of rotatable bonds is 7. The van der Waals surface area contributed by atoms with Crippen LogP contribution >= 0.6 is 0 Å². The summed E-state index contributed by atoms with van der Waals surface area (Å²) in [7, 11) is 7.32. The van der Waals surface area contributed by atoms with E-state index >= 15 is 0 Å². The molecule has 2 aromatic carbocycles. The maximum Gasteiger partial charge on any atom is 0.161 e. The lowest BCUT2D eigenvalue weighted by Crippen LogP contribution is -2.35. The van der Waals surface area contributed by atoms with Crippen molar-refractivity contribution in [3.63, 3.8) is 0 Å². The summed E-state index contributed by atoms with van der Waals surface area (Å²) in [4.78, 5) is 8.51. The molecule has 196 valence electrons. The SMILES string of the molecule is COc1cc(C(O)N(C)C)ccc1-c1cc2nccc(-c3ccc(OC4CCN(C)CC4)c(C#N)c3)c2o1. The fourth-order valence-electron chi connectivity index (χ4n) is 4.84. The Kier molecular flexibility index (Phi) is 7.34. The zero-order chi connectivity index (χ0) is 26.8. The first kappa shape index (κ1) is 25.7. The zero-order valence-corrected chi connectivity index (χ0v) is 22.1. The maximum atomic E-state index is 10.4. The predicted octanol–water partition coefficient (Wildman–Crippen LogP) is 5.07. The summed E-state index contributed by atoms with van der Waals surface area (Å²) in [6.45, 7) is 1.98. The van der Waals surface area contributed by atoms with E-state index in [-0.39, 0.29) is 6.10 Å². The Morgan fingerprint density at radius 2 is 1.87 bits per heavy atom. The maximum absolute atomic E-state index is 10.4. The second-order valence-electron chi connectivity index (χ2n) is 9.92. The average Bonchev–Trinajstić information content (AvgIpc) is 3.38. The number of pyridine rings is 1. The van der Waals surface area contributed by atoms with Crippen molar-refractivity contribution < 1.29 is 19.0 Å². The largest absolute Gasteiger partial charge is 0.496 e. The van der Waals surface area contributed by atoms with Crippen LogP contribution in [-0.4, -0.2) is 67.3 Å². The van der Waals surface area contributed by atoms with Gasteiger partial charge in [-0.05, 0) is 75.4 Å². The molecule has 0 aliphatic carbocycles. The summed E-state index contributed by atoms with van der Waals surface area (Å²) in [5.41, 5.74) is 4.97. The van der Waals surface area contributed by atoms with Crippen LogP contribution < -0.4 is 9.47 Å². The van der Waals surface area contributed by atoms with Crippen LogP contribution in [0.5, 0.6) is 11.5 Å². The van der Waals surface area contributed by atoms with Crippen LogP contribution in [0.2, 0.25) is 0 Å². The van der Waals surface area contributed by atoms with E-state index < -0.39 is 6.23 Å². The monoisotopic (exact) mass is 512 g/mol. The first-order valence-electron chi connectivity index (χ1n) is 12.7. The van der Waals surface area contributed by atoms with Crippen molar-refractivity contribution in [2.45, 2.75) is 25.2 Å². The molecule has 0 spiro atoms. The lowest BCUT2D eigenvalue weighted by atomic mass is 10.0. The van der Waals surface area contributed by atoms with Crippen molar-refractivity contribution in [3.05, 3.63) is 65.9 Å². The highest BCUT2D eigenvalue weighted by Gasteiger charge is 2.21. The molecular formula is C30H32N4O4. The highest BCUT2D eigenvalue weighted by molar-refractivity contribution is 5.93. The average molecular weight is 513 g/mol. The summed E-state index contributed by atoms with van der Waals surface area (Å²) >= 11 is 0. The zero-order valence-electron chi connectivity index (χ0n) is 22.1. The van der Waals surface area contributed by atoms with Gasteiger partial charge in [-0.15, -0.1) is 0 Å². The fourth-order valence-corrected chi connectivity index (χ4v) is 4.84. The molecule has 1 N–H and O–H groups in total. The highest BCUT2D eigenvalue weighted by atomic mass is 16.5. The third kappa shape index (κ3) is 5.09. The van der Waals surface area contributed by atoms with E-state index in [4.69, 9.17) is 13.9 Å². The molecule has 3 heterocycles. The van der Waals surface area contributed by atoms with Gasteiger partial charge in [-0.3, -0.25) is 9.88 Å². The number of benzene rings is 2. The summed E-state index contributed by atoms with van der Waals surface area (Å²) in [5.74, 6) is 1.80. The number of nitriles is 1. The number of ether oxygens (including phenoxy) is 2. The number of piperidine rings is 1. The molecule has 1 unspecified atom stereocenters. The molecule has 5 rings (SSSR count). The second-order valence-corrected chi connectivity index (χ2v) is 9.92. The number of hydrogen-bond donors (Lipinski definition) is 1. The van der Waals surface area contributed by atoms with Gasteiger partial charge in [-0.25, -0.2) is 0 Å². The summed E-state index contributed by atoms with van der Waals surface area (Å²) in [5, 5.41) is 20.3. The molecule has 1 aliphatic heterocycles. The Balaban J connectivity index is 1.48. The Hall–Kier alpha value is -3.90. The van der Waals surface area contributed by atoms with E-state index in [9.17, 15) is 10.4 Å². The van der Waals surface area contributed by atoms with Gasteiger partial charge in [0.2, 0.25) is 0 Å². The molecule has 1 fully saturated rings. The van der Waals surface area contributed by atoms with Crippen LogP contribution in [0.1, 0.15) is 30.2 Å². The van der Waals surface area contributed by atoms with Gasteiger partial charge in [0.1, 0.15) is 41.2 Å². The number of fused-ring (bicyclic) bond motifs is 1. The van der Waals surface area contributed by atoms with Crippen LogP contribution in [0.4, 0.5) is 0 Å². The molecule has 1 aliphatic rings. The first-order valence-corrected chi connectivity index (χ1v) is 12.7. The third-order valence-corrected chi connectivity index (χ3v) is 7.06. The minimum Gasteiger partial charge on any atom is -0.496 e. The lowest BCUT2D eigenvalue weighted by molar-refractivity contribution is 0.0394. The minimum absolute atomic E-state index is 0.115. The number of hydrogen-bond acceptors (Lipinski definition) is 8. The number of methoxy groups -OCH3 is 1. The van der Waals surface area contributed by atoms with Gasteiger partial charge < -0.3 is 23.9 Å². The summed E-state index contributed by atoms with van der Waals surface area (Å²) in [6.07, 6.45) is 3.00. The van der Waals surface area contributed by atoms with Crippen molar-refractivity contribution in [2.24, 2.45) is 0 Å². The van der Waals surface area contributed by atoms with Crippen LogP contribution in [0.15, 0.2) is 59.1 Å². The normalized spacial score (nSPS) is 15.5. The van der Waals surface area contributed by atoms with Gasteiger partial charge in [0.15, 0.2) is 5.58 Å². The Morgan fingerprint density at radius 3 is 2.58 bits per heavy atom. The van der Waals surface area contributed by atoms with Gasteiger partial charge in [-0.2, -0.15) is 5.26 Å². The van der Waals surface area contributed by atoms with Crippen molar-refractivity contribution in [1.29, 1.82) is 5.26 Å². The number of aromatic nitrogens is 1. The molecule has 0 saturated carbocycles. The molecule has 2 aromatic heterocycles. The number of aliphatic hydroxyl groups excluding tert-OH is 1. The van der Waals surface area contributed by atoms with Crippen LogP contribution in [0, 0.1) is 11.3 Å². The molecule has 38 heavy (non-hydrogen) atoms. The van der Waals surface area contributed by atoms with E-state index in [1.807, 2.05) is 62.6 Å². The Morgan fingerprint density at radius 1 is 1.08 bits per heavy atom. The van der Waals surface area contributed by atoms with E-state index in [2.05, 4.69) is 23.0 Å². The number of nitrogens with zero attached hydrogens (tertiary/aromatic N) is 4. The molecule has 1 atom stereocenters. The molecule has 8 heteroatoms. The smallest absolute Gasteiger partial charge is 0.161 e. The molecule has 0 amide bonds. The van der Waals surface area contributed by atoms with E-state index in [0.717, 1.165) is 48.2 Å².